The van der Waals surface area contributed by atoms with Crippen LogP contribution in [0, 0.1) is 12.3 Å². The standard InChI is InChI=1S/C26H26N4O3/c1-4-12-27-13-14-29-24(31)26(2)16-20-19-15-18(33-3)10-11-21(19)28-22(20)23(30(26)25(29)32)17-8-6-5-7-9-17/h1,5-11,15,23,27-28H,12-14,16H2,2-3H3/t23?,26-/m0/s1. The van der Waals surface area contributed by atoms with Crippen molar-refractivity contribution in [1.29, 1.82) is 0 Å². The number of nitrogens with zero attached hydrogens (tertiary/aromatic N) is 2. The Morgan fingerprint density at radius 2 is 2.03 bits per heavy atom. The number of rotatable bonds is 6. The van der Waals surface area contributed by atoms with Crippen LogP contribution in [0.4, 0.5) is 4.79 Å². The molecule has 2 atom stereocenters. The maximum Gasteiger partial charge on any atom is 0.328 e. The topological polar surface area (TPSA) is 77.7 Å². The minimum absolute atomic E-state index is 0.182. The Morgan fingerprint density at radius 3 is 2.76 bits per heavy atom. The van der Waals surface area contributed by atoms with Crippen molar-refractivity contribution >= 4 is 22.8 Å². The monoisotopic (exact) mass is 442 g/mol. The molecular formula is C26H26N4O3. The van der Waals surface area contributed by atoms with Gasteiger partial charge in [-0.05, 0) is 36.2 Å². The quantitative estimate of drug-likeness (QED) is 0.349. The minimum atomic E-state index is -0.991. The summed E-state index contributed by atoms with van der Waals surface area (Å²) in [5.74, 6) is 3.08. The highest BCUT2D eigenvalue weighted by atomic mass is 16.5. The van der Waals surface area contributed by atoms with Gasteiger partial charge in [-0.2, -0.15) is 0 Å². The molecule has 33 heavy (non-hydrogen) atoms. The Balaban J connectivity index is 1.64. The number of terminal acetylenes is 1. The summed E-state index contributed by atoms with van der Waals surface area (Å²) in [6, 6.07) is 15.1. The minimum Gasteiger partial charge on any atom is -0.497 e. The second kappa shape index (κ2) is 7.98. The predicted molar refractivity (Wildman–Crippen MR) is 126 cm³/mol. The third-order valence-corrected chi connectivity index (χ3v) is 6.73. The molecule has 1 unspecified atom stereocenters. The van der Waals surface area contributed by atoms with Crippen molar-refractivity contribution in [1.82, 2.24) is 20.1 Å². The Bertz CT molecular complexity index is 1280. The van der Waals surface area contributed by atoms with Crippen LogP contribution in [0.25, 0.3) is 10.9 Å². The molecule has 0 saturated carbocycles. The van der Waals surface area contributed by atoms with Crippen molar-refractivity contribution < 1.29 is 14.3 Å². The molecule has 0 bridgehead atoms. The number of methoxy groups -OCH3 is 1. The highest BCUT2D eigenvalue weighted by molar-refractivity contribution is 6.08. The number of hydrogen-bond acceptors (Lipinski definition) is 4. The van der Waals surface area contributed by atoms with Gasteiger partial charge in [0.25, 0.3) is 5.91 Å². The Morgan fingerprint density at radius 1 is 1.24 bits per heavy atom. The number of benzene rings is 2. The molecule has 2 aromatic carbocycles. The van der Waals surface area contributed by atoms with E-state index < -0.39 is 11.6 Å². The van der Waals surface area contributed by atoms with Crippen molar-refractivity contribution in [3.63, 3.8) is 0 Å². The van der Waals surface area contributed by atoms with Gasteiger partial charge in [0.2, 0.25) is 0 Å². The van der Waals surface area contributed by atoms with E-state index in [0.717, 1.165) is 33.5 Å². The van der Waals surface area contributed by atoms with Crippen molar-refractivity contribution in [2.75, 3.05) is 26.7 Å². The molecule has 2 aliphatic heterocycles. The SMILES string of the molecule is C#CCNCCN1C(=O)N2C(c3ccccc3)c3[nH]c4ccc(OC)cc4c3C[C@@]2(C)C1=O. The summed E-state index contributed by atoms with van der Waals surface area (Å²) in [4.78, 5) is 34.0. The van der Waals surface area contributed by atoms with Gasteiger partial charge in [-0.25, -0.2) is 4.79 Å². The van der Waals surface area contributed by atoms with Gasteiger partial charge in [-0.15, -0.1) is 6.42 Å². The molecule has 2 N–H and O–H groups in total. The van der Waals surface area contributed by atoms with Crippen molar-refractivity contribution in [3.8, 4) is 18.1 Å². The number of fused-ring (bicyclic) bond motifs is 4. The Hall–Kier alpha value is -3.76. The maximum atomic E-state index is 13.7. The predicted octanol–water partition coefficient (Wildman–Crippen LogP) is 3.07. The zero-order valence-corrected chi connectivity index (χ0v) is 18.7. The molecule has 7 nitrogen and oxygen atoms in total. The van der Waals surface area contributed by atoms with E-state index in [-0.39, 0.29) is 18.5 Å². The van der Waals surface area contributed by atoms with Crippen LogP contribution in [-0.2, 0) is 11.2 Å². The second-order valence-electron chi connectivity index (χ2n) is 8.68. The summed E-state index contributed by atoms with van der Waals surface area (Å²) >= 11 is 0. The average Bonchev–Trinajstić information content (AvgIpc) is 3.28. The van der Waals surface area contributed by atoms with Gasteiger partial charge in [0, 0.05) is 36.1 Å². The lowest BCUT2D eigenvalue weighted by atomic mass is 9.81. The van der Waals surface area contributed by atoms with Crippen LogP contribution in [-0.4, -0.2) is 59.0 Å². The van der Waals surface area contributed by atoms with E-state index in [1.54, 1.807) is 12.0 Å². The van der Waals surface area contributed by atoms with E-state index >= 15 is 0 Å². The maximum absolute atomic E-state index is 13.7. The molecule has 7 heteroatoms. The molecule has 2 aliphatic rings. The first kappa shape index (κ1) is 21.1. The lowest BCUT2D eigenvalue weighted by molar-refractivity contribution is -0.133. The molecule has 168 valence electrons. The molecule has 1 aromatic heterocycles. The van der Waals surface area contributed by atoms with E-state index in [1.165, 1.54) is 4.90 Å². The summed E-state index contributed by atoms with van der Waals surface area (Å²) in [7, 11) is 1.64. The van der Waals surface area contributed by atoms with Crippen molar-refractivity contribution in [2.24, 2.45) is 0 Å². The molecule has 0 aliphatic carbocycles. The van der Waals surface area contributed by atoms with Gasteiger partial charge in [-0.1, -0.05) is 36.3 Å². The normalized spacial score (nSPS) is 21.8. The number of carbonyl (C=O) groups is 2. The van der Waals surface area contributed by atoms with Crippen LogP contribution in [0.3, 0.4) is 0 Å². The summed E-state index contributed by atoms with van der Waals surface area (Å²) in [5, 5.41) is 4.08. The number of amides is 3. The largest absolute Gasteiger partial charge is 0.497 e. The summed E-state index contributed by atoms with van der Waals surface area (Å²) in [6.07, 6.45) is 5.73. The second-order valence-corrected chi connectivity index (χ2v) is 8.68. The zero-order valence-electron chi connectivity index (χ0n) is 18.7. The van der Waals surface area contributed by atoms with Crippen LogP contribution < -0.4 is 10.1 Å². The van der Waals surface area contributed by atoms with Crippen molar-refractivity contribution in [3.05, 3.63) is 65.4 Å². The van der Waals surface area contributed by atoms with Crippen LogP contribution in [0.1, 0.15) is 29.8 Å². The van der Waals surface area contributed by atoms with E-state index in [9.17, 15) is 9.59 Å². The fraction of sp³-hybridized carbons (Fsp3) is 0.308. The van der Waals surface area contributed by atoms with E-state index in [1.807, 2.05) is 55.5 Å². The number of ether oxygens (including phenoxy) is 1. The first-order chi connectivity index (χ1) is 16.0. The number of aromatic amines is 1. The van der Waals surface area contributed by atoms with Gasteiger partial charge in [0.1, 0.15) is 17.3 Å². The highest BCUT2D eigenvalue weighted by Gasteiger charge is 2.59. The first-order valence-electron chi connectivity index (χ1n) is 11.0. The molecule has 3 heterocycles. The summed E-state index contributed by atoms with van der Waals surface area (Å²) in [5.41, 5.74) is 2.91. The van der Waals surface area contributed by atoms with E-state index in [0.29, 0.717) is 19.5 Å². The Labute approximate surface area is 192 Å². The number of H-pyrrole nitrogens is 1. The fourth-order valence-electron chi connectivity index (χ4n) is 5.15. The number of imide groups is 1. The molecule has 3 amide bonds. The fourth-order valence-corrected chi connectivity index (χ4v) is 5.15. The lowest BCUT2D eigenvalue weighted by Gasteiger charge is -2.42. The number of hydrogen-bond donors (Lipinski definition) is 2. The highest BCUT2D eigenvalue weighted by Crippen LogP contribution is 2.48. The summed E-state index contributed by atoms with van der Waals surface area (Å²) < 4.78 is 5.45. The molecule has 0 radical (unpaired) electrons. The average molecular weight is 443 g/mol. The van der Waals surface area contributed by atoms with Gasteiger partial charge in [0.15, 0.2) is 0 Å². The number of nitrogens with one attached hydrogen (secondary N) is 2. The van der Waals surface area contributed by atoms with Crippen LogP contribution in [0.2, 0.25) is 0 Å². The number of aromatic nitrogens is 1. The Kier molecular flexibility index (Phi) is 5.10. The van der Waals surface area contributed by atoms with Crippen LogP contribution in [0.5, 0.6) is 5.75 Å². The van der Waals surface area contributed by atoms with E-state index in [4.69, 9.17) is 11.2 Å². The zero-order chi connectivity index (χ0) is 23.2. The summed E-state index contributed by atoms with van der Waals surface area (Å²) in [6.45, 7) is 2.99. The van der Waals surface area contributed by atoms with E-state index in [2.05, 4.69) is 16.2 Å². The number of carbonyl (C=O) groups excluding carboxylic acids is 2. The third-order valence-electron chi connectivity index (χ3n) is 6.73. The van der Waals surface area contributed by atoms with Crippen LogP contribution >= 0.6 is 0 Å². The van der Waals surface area contributed by atoms with Gasteiger partial charge >= 0.3 is 6.03 Å². The van der Waals surface area contributed by atoms with Crippen LogP contribution in [0.15, 0.2) is 48.5 Å². The lowest BCUT2D eigenvalue weighted by Crippen LogP contribution is -2.53. The van der Waals surface area contributed by atoms with Gasteiger partial charge in [-0.3, -0.25) is 14.6 Å². The smallest absolute Gasteiger partial charge is 0.328 e. The first-order valence-corrected chi connectivity index (χ1v) is 11.0. The molecular weight excluding hydrogens is 416 g/mol. The number of urea groups is 1. The molecule has 0 spiro atoms. The third kappa shape index (κ3) is 3.18. The van der Waals surface area contributed by atoms with Gasteiger partial charge < -0.3 is 15.0 Å². The molecule has 1 fully saturated rings. The van der Waals surface area contributed by atoms with Crippen molar-refractivity contribution in [2.45, 2.75) is 24.9 Å². The molecule has 5 rings (SSSR count). The molecule has 3 aromatic rings. The molecule has 1 saturated heterocycles. The van der Waals surface area contributed by atoms with Gasteiger partial charge in [0.05, 0.1) is 13.7 Å².